The number of aliphatic hydroxyl groups is 2. The first kappa shape index (κ1) is 10.7. The molecule has 1 atom stereocenters. The standard InChI is InChI=1S/C10H13NO3/c12-7-9(13)10(14)11-6-8-4-2-1-3-5-8/h1-5,9,12-13H,6-7H2,(H,11,14)/t9-/m1/s1. The zero-order valence-corrected chi connectivity index (χ0v) is 7.68. The van der Waals surface area contributed by atoms with Crippen LogP contribution in [-0.2, 0) is 11.3 Å². The van der Waals surface area contributed by atoms with Gasteiger partial charge >= 0.3 is 0 Å². The number of hydrogen-bond donors (Lipinski definition) is 3. The van der Waals surface area contributed by atoms with Crippen LogP contribution in [-0.4, -0.2) is 28.8 Å². The molecule has 0 spiro atoms. The minimum Gasteiger partial charge on any atom is -0.393 e. The van der Waals surface area contributed by atoms with Crippen LogP contribution in [0.4, 0.5) is 0 Å². The molecular formula is C10H13NO3. The molecule has 0 unspecified atom stereocenters. The summed E-state index contributed by atoms with van der Waals surface area (Å²) in [6.07, 6.45) is -1.33. The molecule has 0 aromatic heterocycles. The minimum atomic E-state index is -1.33. The first-order valence-electron chi connectivity index (χ1n) is 4.34. The van der Waals surface area contributed by atoms with Crippen molar-refractivity contribution in [3.05, 3.63) is 35.9 Å². The minimum absolute atomic E-state index is 0.358. The van der Waals surface area contributed by atoms with E-state index in [2.05, 4.69) is 5.32 Å². The smallest absolute Gasteiger partial charge is 0.251 e. The molecule has 14 heavy (non-hydrogen) atoms. The van der Waals surface area contributed by atoms with Gasteiger partial charge in [0.2, 0.25) is 0 Å². The summed E-state index contributed by atoms with van der Waals surface area (Å²) in [5, 5.41) is 19.9. The van der Waals surface area contributed by atoms with Crippen molar-refractivity contribution in [2.24, 2.45) is 0 Å². The van der Waals surface area contributed by atoms with E-state index in [0.29, 0.717) is 6.54 Å². The fraction of sp³-hybridized carbons (Fsp3) is 0.300. The molecule has 3 N–H and O–H groups in total. The normalized spacial score (nSPS) is 12.1. The Morgan fingerprint density at radius 2 is 2.00 bits per heavy atom. The summed E-state index contributed by atoms with van der Waals surface area (Å²) in [7, 11) is 0. The molecular weight excluding hydrogens is 182 g/mol. The van der Waals surface area contributed by atoms with Crippen LogP contribution in [0, 0.1) is 0 Å². The molecule has 76 valence electrons. The van der Waals surface area contributed by atoms with Crippen LogP contribution < -0.4 is 5.32 Å². The highest BCUT2D eigenvalue weighted by Crippen LogP contribution is 1.97. The summed E-state index contributed by atoms with van der Waals surface area (Å²) >= 11 is 0. The van der Waals surface area contributed by atoms with Crippen molar-refractivity contribution in [1.29, 1.82) is 0 Å². The monoisotopic (exact) mass is 195 g/mol. The Morgan fingerprint density at radius 1 is 1.36 bits per heavy atom. The number of carbonyl (C=O) groups excluding carboxylic acids is 1. The van der Waals surface area contributed by atoms with E-state index in [0.717, 1.165) is 5.56 Å². The molecule has 0 fully saturated rings. The Balaban J connectivity index is 2.38. The molecule has 0 saturated carbocycles. The van der Waals surface area contributed by atoms with Crippen molar-refractivity contribution in [3.63, 3.8) is 0 Å². The number of carbonyl (C=O) groups is 1. The Labute approximate surface area is 82.2 Å². The Hall–Kier alpha value is -1.39. The van der Waals surface area contributed by atoms with E-state index in [1.165, 1.54) is 0 Å². The molecule has 4 nitrogen and oxygen atoms in total. The second-order valence-corrected chi connectivity index (χ2v) is 2.90. The quantitative estimate of drug-likeness (QED) is 0.615. The summed E-state index contributed by atoms with van der Waals surface area (Å²) < 4.78 is 0. The molecule has 1 amide bonds. The predicted molar refractivity (Wildman–Crippen MR) is 51.4 cm³/mol. The SMILES string of the molecule is O=C(NCc1ccccc1)[C@H](O)CO. The Morgan fingerprint density at radius 3 is 2.57 bits per heavy atom. The third-order valence-electron chi connectivity index (χ3n) is 1.79. The summed E-state index contributed by atoms with van der Waals surface area (Å²) in [4.78, 5) is 11.0. The topological polar surface area (TPSA) is 69.6 Å². The van der Waals surface area contributed by atoms with Gasteiger partial charge in [0, 0.05) is 6.54 Å². The van der Waals surface area contributed by atoms with Crippen molar-refractivity contribution in [3.8, 4) is 0 Å². The highest BCUT2D eigenvalue weighted by atomic mass is 16.3. The molecule has 0 saturated heterocycles. The van der Waals surface area contributed by atoms with Gasteiger partial charge < -0.3 is 15.5 Å². The first-order valence-corrected chi connectivity index (χ1v) is 4.34. The van der Waals surface area contributed by atoms with Gasteiger partial charge in [0.25, 0.3) is 5.91 Å². The van der Waals surface area contributed by atoms with Crippen LogP contribution >= 0.6 is 0 Å². The van der Waals surface area contributed by atoms with Crippen LogP contribution in [0.5, 0.6) is 0 Å². The van der Waals surface area contributed by atoms with E-state index >= 15 is 0 Å². The maximum atomic E-state index is 11.0. The lowest BCUT2D eigenvalue weighted by atomic mass is 10.2. The Kier molecular flexibility index (Phi) is 4.10. The fourth-order valence-electron chi connectivity index (χ4n) is 0.986. The average molecular weight is 195 g/mol. The van der Waals surface area contributed by atoms with Gasteiger partial charge in [0.05, 0.1) is 6.61 Å². The lowest BCUT2D eigenvalue weighted by Crippen LogP contribution is -2.36. The summed E-state index contributed by atoms with van der Waals surface area (Å²) in [5.74, 6) is -0.559. The van der Waals surface area contributed by atoms with Gasteiger partial charge in [-0.15, -0.1) is 0 Å². The number of rotatable bonds is 4. The van der Waals surface area contributed by atoms with Gasteiger partial charge in [0.15, 0.2) is 6.10 Å². The van der Waals surface area contributed by atoms with Crippen molar-refractivity contribution in [2.45, 2.75) is 12.6 Å². The van der Waals surface area contributed by atoms with Gasteiger partial charge in [-0.3, -0.25) is 4.79 Å². The maximum Gasteiger partial charge on any atom is 0.251 e. The summed E-state index contributed by atoms with van der Waals surface area (Å²) in [6, 6.07) is 9.35. The van der Waals surface area contributed by atoms with E-state index in [4.69, 9.17) is 10.2 Å². The van der Waals surface area contributed by atoms with Crippen molar-refractivity contribution >= 4 is 5.91 Å². The van der Waals surface area contributed by atoms with Crippen molar-refractivity contribution in [2.75, 3.05) is 6.61 Å². The zero-order chi connectivity index (χ0) is 10.4. The van der Waals surface area contributed by atoms with Crippen LogP contribution in [0.1, 0.15) is 5.56 Å². The van der Waals surface area contributed by atoms with Crippen molar-refractivity contribution in [1.82, 2.24) is 5.32 Å². The zero-order valence-electron chi connectivity index (χ0n) is 7.68. The Bertz CT molecular complexity index is 287. The van der Waals surface area contributed by atoms with Crippen LogP contribution in [0.25, 0.3) is 0 Å². The second kappa shape index (κ2) is 5.36. The summed E-state index contributed by atoms with van der Waals surface area (Å²) in [6.45, 7) is -0.197. The molecule has 1 aromatic carbocycles. The van der Waals surface area contributed by atoms with E-state index in [9.17, 15) is 4.79 Å². The van der Waals surface area contributed by atoms with Gasteiger partial charge in [-0.1, -0.05) is 30.3 Å². The second-order valence-electron chi connectivity index (χ2n) is 2.90. The highest BCUT2D eigenvalue weighted by Gasteiger charge is 2.11. The molecule has 0 aliphatic heterocycles. The van der Waals surface area contributed by atoms with E-state index in [1.54, 1.807) is 0 Å². The van der Waals surface area contributed by atoms with Gasteiger partial charge in [-0.2, -0.15) is 0 Å². The molecule has 0 bridgehead atoms. The molecule has 4 heteroatoms. The lowest BCUT2D eigenvalue weighted by molar-refractivity contribution is -0.131. The number of benzene rings is 1. The predicted octanol–water partition coefficient (Wildman–Crippen LogP) is -0.344. The molecule has 1 rings (SSSR count). The lowest BCUT2D eigenvalue weighted by Gasteiger charge is -2.08. The van der Waals surface area contributed by atoms with E-state index < -0.39 is 18.6 Å². The third-order valence-corrected chi connectivity index (χ3v) is 1.79. The van der Waals surface area contributed by atoms with Gasteiger partial charge in [-0.25, -0.2) is 0 Å². The highest BCUT2D eigenvalue weighted by molar-refractivity contribution is 5.80. The largest absolute Gasteiger partial charge is 0.393 e. The van der Waals surface area contributed by atoms with Crippen LogP contribution in [0.3, 0.4) is 0 Å². The third kappa shape index (κ3) is 3.16. The first-order chi connectivity index (χ1) is 6.74. The van der Waals surface area contributed by atoms with Crippen molar-refractivity contribution < 1.29 is 15.0 Å². The van der Waals surface area contributed by atoms with E-state index in [-0.39, 0.29) is 0 Å². The molecule has 0 aliphatic carbocycles. The van der Waals surface area contributed by atoms with E-state index in [1.807, 2.05) is 30.3 Å². The molecule has 0 heterocycles. The number of nitrogens with one attached hydrogen (secondary N) is 1. The average Bonchev–Trinajstić information content (AvgIpc) is 2.26. The molecule has 0 radical (unpaired) electrons. The molecule has 1 aromatic rings. The molecule has 0 aliphatic rings. The van der Waals surface area contributed by atoms with Gasteiger partial charge in [-0.05, 0) is 5.56 Å². The van der Waals surface area contributed by atoms with Crippen LogP contribution in [0.2, 0.25) is 0 Å². The number of amides is 1. The van der Waals surface area contributed by atoms with Crippen LogP contribution in [0.15, 0.2) is 30.3 Å². The number of aliphatic hydroxyl groups excluding tert-OH is 2. The maximum absolute atomic E-state index is 11.0. The summed E-state index contributed by atoms with van der Waals surface area (Å²) in [5.41, 5.74) is 0.950. The fourth-order valence-corrected chi connectivity index (χ4v) is 0.986. The number of hydrogen-bond acceptors (Lipinski definition) is 3. The van der Waals surface area contributed by atoms with Gasteiger partial charge in [0.1, 0.15) is 0 Å².